The van der Waals surface area contributed by atoms with Gasteiger partial charge in [-0.25, -0.2) is 4.79 Å². The van der Waals surface area contributed by atoms with Gasteiger partial charge < -0.3 is 10.6 Å². The van der Waals surface area contributed by atoms with E-state index < -0.39 is 6.03 Å². The van der Waals surface area contributed by atoms with Gasteiger partial charge in [0, 0.05) is 24.2 Å². The molecule has 1 heterocycles. The lowest BCUT2D eigenvalue weighted by molar-refractivity contribution is 0.0609. The van der Waals surface area contributed by atoms with Gasteiger partial charge in [0.25, 0.3) is 11.8 Å². The number of hydrogen-bond acceptors (Lipinski definition) is 3. The van der Waals surface area contributed by atoms with Crippen LogP contribution in [0.15, 0.2) is 18.2 Å². The molecule has 112 valence electrons. The summed E-state index contributed by atoms with van der Waals surface area (Å²) in [4.78, 5) is 37.1. The minimum Gasteiger partial charge on any atom is -0.337 e. The Morgan fingerprint density at radius 1 is 1.24 bits per heavy atom. The van der Waals surface area contributed by atoms with Crippen molar-refractivity contribution in [2.75, 3.05) is 17.7 Å². The highest BCUT2D eigenvalue weighted by atomic mass is 35.5. The second-order valence-electron chi connectivity index (χ2n) is 4.90. The summed E-state index contributed by atoms with van der Waals surface area (Å²) >= 11 is 5.48. The van der Waals surface area contributed by atoms with Gasteiger partial charge in [0.05, 0.1) is 11.1 Å². The number of rotatable bonds is 4. The molecule has 4 amide bonds. The first-order valence-corrected chi connectivity index (χ1v) is 7.12. The first kappa shape index (κ1) is 15.3. The molecule has 0 saturated heterocycles. The van der Waals surface area contributed by atoms with E-state index in [2.05, 4.69) is 10.6 Å². The summed E-state index contributed by atoms with van der Waals surface area (Å²) in [6.07, 6.45) is 0. The van der Waals surface area contributed by atoms with Crippen molar-refractivity contribution in [3.05, 3.63) is 29.3 Å². The fraction of sp³-hybridized carbons (Fsp3) is 0.357. The highest BCUT2D eigenvalue weighted by Crippen LogP contribution is 2.27. The fourth-order valence-electron chi connectivity index (χ4n) is 2.14. The summed E-state index contributed by atoms with van der Waals surface area (Å²) in [7, 11) is 0. The lowest BCUT2D eigenvalue weighted by atomic mass is 10.1. The van der Waals surface area contributed by atoms with Gasteiger partial charge in [0.15, 0.2) is 0 Å². The van der Waals surface area contributed by atoms with Crippen molar-refractivity contribution in [3.8, 4) is 0 Å². The Balaban J connectivity index is 2.20. The van der Waals surface area contributed by atoms with Gasteiger partial charge in [0.2, 0.25) is 0 Å². The van der Waals surface area contributed by atoms with Crippen molar-refractivity contribution >= 4 is 35.1 Å². The number of nitrogens with one attached hydrogen (secondary N) is 2. The third-order valence-corrected chi connectivity index (χ3v) is 3.26. The number of carbonyl (C=O) groups is 3. The summed E-state index contributed by atoms with van der Waals surface area (Å²) in [5, 5.41) is 5.15. The molecule has 21 heavy (non-hydrogen) atoms. The number of imide groups is 1. The van der Waals surface area contributed by atoms with Crippen molar-refractivity contribution in [1.82, 2.24) is 10.2 Å². The second kappa shape index (κ2) is 6.13. The SMILES string of the molecule is CC(C)N1C(=O)c2ccc(NC(=O)NCCCl)cc2C1=O. The van der Waals surface area contributed by atoms with Crippen molar-refractivity contribution in [1.29, 1.82) is 0 Å². The Bertz CT molecular complexity index is 601. The standard InChI is InChI=1S/C14H16ClN3O3/c1-8(2)18-12(19)10-4-3-9(7-11(10)13(18)20)17-14(21)16-6-5-15/h3-4,7-8H,5-6H2,1-2H3,(H2,16,17,21). The molecule has 1 aliphatic rings. The zero-order chi connectivity index (χ0) is 15.6. The van der Waals surface area contributed by atoms with Crippen LogP contribution in [0.25, 0.3) is 0 Å². The Morgan fingerprint density at radius 2 is 1.90 bits per heavy atom. The van der Waals surface area contributed by atoms with Gasteiger partial charge in [0.1, 0.15) is 0 Å². The molecule has 0 aliphatic carbocycles. The minimum atomic E-state index is -0.409. The molecule has 1 aromatic carbocycles. The van der Waals surface area contributed by atoms with E-state index >= 15 is 0 Å². The van der Waals surface area contributed by atoms with E-state index in [0.29, 0.717) is 29.2 Å². The maximum atomic E-state index is 12.2. The number of carbonyl (C=O) groups excluding carboxylic acids is 3. The van der Waals surface area contributed by atoms with Gasteiger partial charge in [-0.2, -0.15) is 0 Å². The van der Waals surface area contributed by atoms with Crippen LogP contribution in [0.5, 0.6) is 0 Å². The number of nitrogens with zero attached hydrogens (tertiary/aromatic N) is 1. The van der Waals surface area contributed by atoms with Crippen LogP contribution in [0.4, 0.5) is 10.5 Å². The Kier molecular flexibility index (Phi) is 4.47. The maximum absolute atomic E-state index is 12.2. The van der Waals surface area contributed by atoms with Crippen molar-refractivity contribution in [3.63, 3.8) is 0 Å². The Hall–Kier alpha value is -2.08. The van der Waals surface area contributed by atoms with E-state index in [1.807, 2.05) is 0 Å². The largest absolute Gasteiger partial charge is 0.337 e. The quantitative estimate of drug-likeness (QED) is 0.660. The average molecular weight is 310 g/mol. The first-order chi connectivity index (χ1) is 9.95. The van der Waals surface area contributed by atoms with Crippen molar-refractivity contribution in [2.45, 2.75) is 19.9 Å². The smallest absolute Gasteiger partial charge is 0.319 e. The fourth-order valence-corrected chi connectivity index (χ4v) is 2.24. The summed E-state index contributed by atoms with van der Waals surface area (Å²) < 4.78 is 0. The van der Waals surface area contributed by atoms with Gasteiger partial charge in [-0.15, -0.1) is 11.6 Å². The van der Waals surface area contributed by atoms with Gasteiger partial charge >= 0.3 is 6.03 Å². The second-order valence-corrected chi connectivity index (χ2v) is 5.28. The minimum absolute atomic E-state index is 0.208. The molecule has 6 nitrogen and oxygen atoms in total. The van der Waals surface area contributed by atoms with Crippen LogP contribution < -0.4 is 10.6 Å². The molecule has 2 rings (SSSR count). The monoisotopic (exact) mass is 309 g/mol. The molecular weight excluding hydrogens is 294 g/mol. The highest BCUT2D eigenvalue weighted by molar-refractivity contribution is 6.22. The van der Waals surface area contributed by atoms with E-state index in [1.54, 1.807) is 26.0 Å². The highest BCUT2D eigenvalue weighted by Gasteiger charge is 2.37. The number of benzene rings is 1. The topological polar surface area (TPSA) is 78.5 Å². The van der Waals surface area contributed by atoms with Crippen LogP contribution in [-0.4, -0.2) is 41.2 Å². The van der Waals surface area contributed by atoms with Crippen LogP contribution in [0, 0.1) is 0 Å². The number of amides is 4. The molecule has 0 radical (unpaired) electrons. The summed E-state index contributed by atoms with van der Waals surface area (Å²) in [5.74, 6) is -0.327. The molecular formula is C14H16ClN3O3. The molecule has 0 bridgehead atoms. The van der Waals surface area contributed by atoms with Crippen LogP contribution in [0.2, 0.25) is 0 Å². The van der Waals surface area contributed by atoms with Gasteiger partial charge in [-0.05, 0) is 32.0 Å². The zero-order valence-electron chi connectivity index (χ0n) is 11.8. The molecule has 1 aliphatic heterocycles. The van der Waals surface area contributed by atoms with Gasteiger partial charge in [-0.3, -0.25) is 14.5 Å². The van der Waals surface area contributed by atoms with Crippen LogP contribution in [0.3, 0.4) is 0 Å². The molecule has 0 saturated carbocycles. The van der Waals surface area contributed by atoms with Crippen LogP contribution >= 0.6 is 11.6 Å². The lowest BCUT2D eigenvalue weighted by Crippen LogP contribution is -2.35. The number of anilines is 1. The Labute approximate surface area is 127 Å². The number of halogens is 1. The van der Waals surface area contributed by atoms with E-state index in [0.717, 1.165) is 0 Å². The first-order valence-electron chi connectivity index (χ1n) is 6.58. The predicted molar refractivity (Wildman–Crippen MR) is 79.8 cm³/mol. The molecule has 0 atom stereocenters. The molecule has 0 aromatic heterocycles. The molecule has 7 heteroatoms. The van der Waals surface area contributed by atoms with Crippen LogP contribution in [0.1, 0.15) is 34.6 Å². The average Bonchev–Trinajstić information content (AvgIpc) is 2.68. The zero-order valence-corrected chi connectivity index (χ0v) is 12.5. The normalized spacial score (nSPS) is 13.6. The maximum Gasteiger partial charge on any atom is 0.319 e. The number of urea groups is 1. The van der Waals surface area contributed by atoms with Gasteiger partial charge in [-0.1, -0.05) is 0 Å². The molecule has 0 fully saturated rings. The Morgan fingerprint density at radius 3 is 2.52 bits per heavy atom. The molecule has 0 unspecified atom stereocenters. The molecule has 0 spiro atoms. The van der Waals surface area contributed by atoms with E-state index in [9.17, 15) is 14.4 Å². The van der Waals surface area contributed by atoms with Crippen LogP contribution in [-0.2, 0) is 0 Å². The van der Waals surface area contributed by atoms with Crippen molar-refractivity contribution < 1.29 is 14.4 Å². The number of fused-ring (bicyclic) bond motifs is 1. The predicted octanol–water partition coefficient (Wildman–Crippen LogP) is 2.05. The number of alkyl halides is 1. The lowest BCUT2D eigenvalue weighted by Gasteiger charge is -2.17. The van der Waals surface area contributed by atoms with E-state index in [4.69, 9.17) is 11.6 Å². The summed E-state index contributed by atoms with van der Waals surface area (Å²) in [5.41, 5.74) is 1.12. The van der Waals surface area contributed by atoms with E-state index in [-0.39, 0.29) is 17.9 Å². The van der Waals surface area contributed by atoms with E-state index in [1.165, 1.54) is 11.0 Å². The number of hydrogen-bond donors (Lipinski definition) is 2. The van der Waals surface area contributed by atoms with Crippen molar-refractivity contribution in [2.24, 2.45) is 0 Å². The molecule has 1 aromatic rings. The third-order valence-electron chi connectivity index (χ3n) is 3.07. The third kappa shape index (κ3) is 3.00. The summed E-state index contributed by atoms with van der Waals surface area (Å²) in [6, 6.07) is 4.04. The molecule has 2 N–H and O–H groups in total. The summed E-state index contributed by atoms with van der Waals surface area (Å²) in [6.45, 7) is 3.90.